The Hall–Kier alpha value is -1.96. The molecule has 1 aliphatic rings. The zero-order valence-electron chi connectivity index (χ0n) is 13.8. The normalized spacial score (nSPS) is 15.2. The third-order valence-corrected chi connectivity index (χ3v) is 6.12. The number of hydrogen-bond acceptors (Lipinski definition) is 3. The van der Waals surface area contributed by atoms with Crippen molar-refractivity contribution in [2.24, 2.45) is 0 Å². The van der Waals surface area contributed by atoms with Gasteiger partial charge >= 0.3 is 0 Å². The number of hydrogen-bond donors (Lipinski definition) is 2. The van der Waals surface area contributed by atoms with Crippen molar-refractivity contribution in [3.05, 3.63) is 58.9 Å². The van der Waals surface area contributed by atoms with Crippen molar-refractivity contribution in [1.29, 1.82) is 0 Å². The molecule has 0 heterocycles. The van der Waals surface area contributed by atoms with Crippen molar-refractivity contribution in [3.8, 4) is 0 Å². The summed E-state index contributed by atoms with van der Waals surface area (Å²) >= 11 is 5.87. The lowest BCUT2D eigenvalue weighted by molar-refractivity contribution is 0.102. The lowest BCUT2D eigenvalue weighted by Crippen LogP contribution is -2.32. The van der Waals surface area contributed by atoms with Crippen LogP contribution in [0.15, 0.2) is 47.4 Å². The predicted octanol–water partition coefficient (Wildman–Crippen LogP) is 3.95. The average Bonchev–Trinajstić information content (AvgIpc) is 3.07. The van der Waals surface area contributed by atoms with Gasteiger partial charge in [0.25, 0.3) is 5.91 Å². The second-order valence-electron chi connectivity index (χ2n) is 6.21. The molecule has 5 nitrogen and oxygen atoms in total. The number of carbonyl (C=O) groups excluding carboxylic acids is 1. The standard InChI is InChI=1S/C18H18ClFN2O3S/c19-17-11-12(20)5-10-16(17)18(23)21-13-6-8-15(9-7-13)26(24,25)22-14-3-1-2-4-14/h5-11,14,22H,1-4H2,(H,21,23). The van der Waals surface area contributed by atoms with Crippen molar-refractivity contribution in [2.75, 3.05) is 5.32 Å². The van der Waals surface area contributed by atoms with Gasteiger partial charge in [-0.2, -0.15) is 0 Å². The van der Waals surface area contributed by atoms with E-state index in [1.54, 1.807) is 0 Å². The van der Waals surface area contributed by atoms with E-state index in [2.05, 4.69) is 10.0 Å². The minimum Gasteiger partial charge on any atom is -0.322 e. The van der Waals surface area contributed by atoms with Crippen LogP contribution >= 0.6 is 11.6 Å². The summed E-state index contributed by atoms with van der Waals surface area (Å²) in [6.45, 7) is 0. The van der Waals surface area contributed by atoms with Crippen LogP contribution in [0.1, 0.15) is 36.0 Å². The summed E-state index contributed by atoms with van der Waals surface area (Å²) in [5, 5.41) is 2.61. The van der Waals surface area contributed by atoms with Crippen LogP contribution in [0.3, 0.4) is 0 Å². The van der Waals surface area contributed by atoms with E-state index in [0.717, 1.165) is 37.8 Å². The van der Waals surface area contributed by atoms with Crippen molar-refractivity contribution >= 4 is 33.2 Å². The highest BCUT2D eigenvalue weighted by Gasteiger charge is 2.22. The van der Waals surface area contributed by atoms with Crippen LogP contribution < -0.4 is 10.0 Å². The monoisotopic (exact) mass is 396 g/mol. The SMILES string of the molecule is O=C(Nc1ccc(S(=O)(=O)NC2CCCC2)cc1)c1ccc(F)cc1Cl. The van der Waals surface area contributed by atoms with Crippen molar-refractivity contribution < 1.29 is 17.6 Å². The Labute approximate surface area is 156 Å². The second kappa shape index (κ2) is 7.73. The molecule has 0 radical (unpaired) electrons. The summed E-state index contributed by atoms with van der Waals surface area (Å²) in [6.07, 6.45) is 3.77. The molecule has 8 heteroatoms. The summed E-state index contributed by atoms with van der Waals surface area (Å²) < 4.78 is 40.5. The summed E-state index contributed by atoms with van der Waals surface area (Å²) in [7, 11) is -3.58. The Kier molecular flexibility index (Phi) is 5.60. The summed E-state index contributed by atoms with van der Waals surface area (Å²) in [6, 6.07) is 9.33. The van der Waals surface area contributed by atoms with E-state index in [1.807, 2.05) is 0 Å². The van der Waals surface area contributed by atoms with Crippen LogP contribution in [0.2, 0.25) is 5.02 Å². The van der Waals surface area contributed by atoms with Gasteiger partial charge < -0.3 is 5.32 Å². The first-order valence-electron chi connectivity index (χ1n) is 8.24. The molecule has 2 aromatic rings. The molecule has 0 aromatic heterocycles. The van der Waals surface area contributed by atoms with E-state index in [1.165, 1.54) is 30.3 Å². The number of anilines is 1. The molecule has 1 amide bonds. The van der Waals surface area contributed by atoms with Crippen LogP contribution in [-0.4, -0.2) is 20.4 Å². The number of nitrogens with one attached hydrogen (secondary N) is 2. The third kappa shape index (κ3) is 4.41. The molecule has 138 valence electrons. The Bertz CT molecular complexity index is 911. The summed E-state index contributed by atoms with van der Waals surface area (Å²) in [5.74, 6) is -1.04. The van der Waals surface area contributed by atoms with Gasteiger partial charge in [0, 0.05) is 11.7 Å². The molecule has 2 N–H and O–H groups in total. The predicted molar refractivity (Wildman–Crippen MR) is 98.4 cm³/mol. The minimum absolute atomic E-state index is 0.00228. The Balaban J connectivity index is 1.70. The van der Waals surface area contributed by atoms with Crippen LogP contribution in [0.25, 0.3) is 0 Å². The highest BCUT2D eigenvalue weighted by atomic mass is 35.5. The van der Waals surface area contributed by atoms with Gasteiger partial charge in [-0.3, -0.25) is 4.79 Å². The van der Waals surface area contributed by atoms with Gasteiger partial charge in [0.1, 0.15) is 5.82 Å². The summed E-state index contributed by atoms with van der Waals surface area (Å²) in [5.41, 5.74) is 0.544. The first-order chi connectivity index (χ1) is 12.3. The van der Waals surface area contributed by atoms with Crippen molar-refractivity contribution in [3.63, 3.8) is 0 Å². The van der Waals surface area contributed by atoms with Gasteiger partial charge in [0.2, 0.25) is 10.0 Å². The van der Waals surface area contributed by atoms with E-state index < -0.39 is 21.7 Å². The topological polar surface area (TPSA) is 75.3 Å². The number of rotatable bonds is 5. The molecule has 26 heavy (non-hydrogen) atoms. The fraction of sp³-hybridized carbons (Fsp3) is 0.278. The number of amides is 1. The second-order valence-corrected chi connectivity index (χ2v) is 8.33. The maximum atomic E-state index is 13.1. The Morgan fingerprint density at radius 1 is 1.08 bits per heavy atom. The molecule has 0 bridgehead atoms. The molecule has 1 fully saturated rings. The van der Waals surface area contributed by atoms with E-state index in [9.17, 15) is 17.6 Å². The number of carbonyl (C=O) groups is 1. The zero-order chi connectivity index (χ0) is 18.7. The minimum atomic E-state index is -3.58. The molecule has 3 rings (SSSR count). The summed E-state index contributed by atoms with van der Waals surface area (Å²) in [4.78, 5) is 12.4. The Morgan fingerprint density at radius 2 is 1.73 bits per heavy atom. The molecule has 0 atom stereocenters. The number of benzene rings is 2. The molecule has 0 saturated heterocycles. The maximum absolute atomic E-state index is 13.1. The van der Waals surface area contributed by atoms with Gasteiger partial charge in [-0.25, -0.2) is 17.5 Å². The molecule has 0 aliphatic heterocycles. The molecule has 1 saturated carbocycles. The molecule has 0 unspecified atom stereocenters. The van der Waals surface area contributed by atoms with Gasteiger partial charge in [-0.15, -0.1) is 0 Å². The molecule has 0 spiro atoms. The van der Waals surface area contributed by atoms with E-state index in [4.69, 9.17) is 11.6 Å². The van der Waals surface area contributed by atoms with Crippen molar-refractivity contribution in [2.45, 2.75) is 36.6 Å². The largest absolute Gasteiger partial charge is 0.322 e. The molecule has 2 aromatic carbocycles. The van der Waals surface area contributed by atoms with Crippen LogP contribution in [-0.2, 0) is 10.0 Å². The molecular weight excluding hydrogens is 379 g/mol. The van der Waals surface area contributed by atoms with E-state index >= 15 is 0 Å². The number of sulfonamides is 1. The zero-order valence-corrected chi connectivity index (χ0v) is 15.4. The van der Waals surface area contributed by atoms with Crippen LogP contribution in [0, 0.1) is 5.82 Å². The highest BCUT2D eigenvalue weighted by molar-refractivity contribution is 7.89. The quantitative estimate of drug-likeness (QED) is 0.803. The van der Waals surface area contributed by atoms with E-state index in [0.29, 0.717) is 5.69 Å². The van der Waals surface area contributed by atoms with Gasteiger partial charge in [0.05, 0.1) is 15.5 Å². The van der Waals surface area contributed by atoms with Gasteiger partial charge in [-0.05, 0) is 55.3 Å². The van der Waals surface area contributed by atoms with E-state index in [-0.39, 0.29) is 21.5 Å². The third-order valence-electron chi connectivity index (χ3n) is 4.28. The lowest BCUT2D eigenvalue weighted by Gasteiger charge is -2.13. The van der Waals surface area contributed by atoms with Crippen LogP contribution in [0.5, 0.6) is 0 Å². The fourth-order valence-electron chi connectivity index (χ4n) is 2.92. The molecular formula is C18H18ClFN2O3S. The highest BCUT2D eigenvalue weighted by Crippen LogP contribution is 2.22. The molecule has 1 aliphatic carbocycles. The average molecular weight is 397 g/mol. The lowest BCUT2D eigenvalue weighted by atomic mass is 10.2. The fourth-order valence-corrected chi connectivity index (χ4v) is 4.48. The number of halogens is 2. The first kappa shape index (κ1) is 18.8. The van der Waals surface area contributed by atoms with Crippen molar-refractivity contribution in [1.82, 2.24) is 4.72 Å². The first-order valence-corrected chi connectivity index (χ1v) is 10.1. The van der Waals surface area contributed by atoms with Gasteiger partial charge in [-0.1, -0.05) is 24.4 Å². The maximum Gasteiger partial charge on any atom is 0.257 e. The van der Waals surface area contributed by atoms with Gasteiger partial charge in [0.15, 0.2) is 0 Å². The van der Waals surface area contributed by atoms with Crippen LogP contribution in [0.4, 0.5) is 10.1 Å². The Morgan fingerprint density at radius 3 is 2.35 bits per heavy atom. The smallest absolute Gasteiger partial charge is 0.257 e.